The van der Waals surface area contributed by atoms with Crippen molar-refractivity contribution in [2.24, 2.45) is 40.1 Å². The molecule has 0 spiro atoms. The van der Waals surface area contributed by atoms with Crippen LogP contribution in [0.2, 0.25) is 0 Å². The summed E-state index contributed by atoms with van der Waals surface area (Å²) in [4.78, 5) is 27.4. The minimum Gasteiger partial charge on any atom is -0.298 e. The predicted octanol–water partition coefficient (Wildman–Crippen LogP) is 4.31. The monoisotopic (exact) mass is 476 g/mol. The van der Waals surface area contributed by atoms with Crippen LogP contribution >= 0.6 is 0 Å². The van der Waals surface area contributed by atoms with Crippen molar-refractivity contribution in [2.45, 2.75) is 45.7 Å². The van der Waals surface area contributed by atoms with Crippen LogP contribution in [0.3, 0.4) is 0 Å². The summed E-state index contributed by atoms with van der Waals surface area (Å²) < 4.78 is 0. The molecule has 0 radical (unpaired) electrons. The van der Waals surface area contributed by atoms with Crippen molar-refractivity contribution in [3.8, 4) is 12.1 Å². The fourth-order valence-electron chi connectivity index (χ4n) is 7.63. The number of hydrazone groups is 1. The molecule has 1 saturated heterocycles. The number of carbonyl (C=O) groups excluding carboxylic acids is 2. The van der Waals surface area contributed by atoms with Gasteiger partial charge < -0.3 is 0 Å². The van der Waals surface area contributed by atoms with Crippen LogP contribution in [0.5, 0.6) is 0 Å². The van der Waals surface area contributed by atoms with Crippen molar-refractivity contribution in [2.75, 3.05) is 0 Å². The Morgan fingerprint density at radius 3 is 1.92 bits per heavy atom. The lowest BCUT2D eigenvalue weighted by atomic mass is 9.69. The highest BCUT2D eigenvalue weighted by atomic mass is 16.2. The van der Waals surface area contributed by atoms with Gasteiger partial charge >= 0.3 is 0 Å². The van der Waals surface area contributed by atoms with E-state index < -0.39 is 28.8 Å². The first-order valence-electron chi connectivity index (χ1n) is 12.5. The first kappa shape index (κ1) is 22.7. The second-order valence-corrected chi connectivity index (χ2v) is 11.6. The number of hydrogen-bond acceptors (Lipinski definition) is 6. The summed E-state index contributed by atoms with van der Waals surface area (Å²) in [6, 6.07) is 20.5. The predicted molar refractivity (Wildman–Crippen MR) is 133 cm³/mol. The van der Waals surface area contributed by atoms with Crippen LogP contribution in [-0.2, 0) is 15.1 Å². The number of ketones is 2. The van der Waals surface area contributed by atoms with Gasteiger partial charge in [0.15, 0.2) is 5.78 Å². The smallest absolute Gasteiger partial charge is 0.240 e. The van der Waals surface area contributed by atoms with Gasteiger partial charge in [-0.3, -0.25) is 14.6 Å². The molecular weight excluding hydrogens is 448 g/mol. The Bertz CT molecular complexity index is 1430. The lowest BCUT2D eigenvalue weighted by Crippen LogP contribution is -2.56. The molecule has 6 nitrogen and oxygen atoms in total. The number of carbonyl (C=O) groups is 2. The molecule has 0 bridgehead atoms. The highest BCUT2D eigenvalue weighted by Crippen LogP contribution is 2.77. The van der Waals surface area contributed by atoms with Gasteiger partial charge in [0, 0.05) is 11.8 Å². The molecule has 2 aromatic carbocycles. The summed E-state index contributed by atoms with van der Waals surface area (Å²) in [7, 11) is 0. The number of aryl methyl sites for hydroxylation is 2. The first-order valence-corrected chi connectivity index (χ1v) is 12.5. The number of nitrogens with zero attached hydrogens (tertiary/aromatic N) is 4. The van der Waals surface area contributed by atoms with Gasteiger partial charge in [-0.1, -0.05) is 73.5 Å². The van der Waals surface area contributed by atoms with Gasteiger partial charge in [-0.2, -0.15) is 15.6 Å². The van der Waals surface area contributed by atoms with Crippen LogP contribution in [0.4, 0.5) is 0 Å². The van der Waals surface area contributed by atoms with Crippen LogP contribution in [-0.4, -0.2) is 27.8 Å². The Hall–Kier alpha value is -3.77. The molecule has 0 amide bonds. The van der Waals surface area contributed by atoms with E-state index in [1.54, 1.807) is 11.9 Å². The number of Topliss-reactive ketones (excluding diaryl/α,β-unsaturated/α-hetero) is 2. The maximum atomic E-state index is 13.9. The standard InChI is InChI=1S/C30H28N4O2/c1-16-6-10-19(11-7-16)24-23-27(28(23,4)5)30(20-12-8-17(2)9-13-20)22-21(25(35)18(3)26(22)36)29(14-31,15-32)34(30)33-24/h6-13,18,21-23,27H,1-5H3/t18?,21-,22+,23-,27+,30?/m1/s1. The Kier molecular flexibility index (Phi) is 4.36. The third-order valence-corrected chi connectivity index (χ3v) is 9.41. The lowest BCUT2D eigenvalue weighted by Gasteiger charge is -2.46. The van der Waals surface area contributed by atoms with Crippen LogP contribution < -0.4 is 0 Å². The molecule has 180 valence electrons. The first-order chi connectivity index (χ1) is 17.1. The summed E-state index contributed by atoms with van der Waals surface area (Å²) in [6.07, 6.45) is 0. The highest BCUT2D eigenvalue weighted by Gasteiger charge is 2.85. The Labute approximate surface area is 211 Å². The molecule has 0 aromatic heterocycles. The van der Waals surface area contributed by atoms with Gasteiger partial charge in [0.25, 0.3) is 0 Å². The minimum atomic E-state index is -1.87. The quantitative estimate of drug-likeness (QED) is 0.602. The summed E-state index contributed by atoms with van der Waals surface area (Å²) in [5.74, 6) is -3.28. The fraction of sp³-hybridized carbons (Fsp3) is 0.433. The molecule has 2 aliphatic carbocycles. The lowest BCUT2D eigenvalue weighted by molar-refractivity contribution is -0.131. The zero-order valence-corrected chi connectivity index (χ0v) is 21.1. The average molecular weight is 477 g/mol. The number of benzene rings is 2. The van der Waals surface area contributed by atoms with E-state index in [0.717, 1.165) is 28.0 Å². The van der Waals surface area contributed by atoms with Crippen molar-refractivity contribution >= 4 is 17.3 Å². The number of nitriles is 2. The van der Waals surface area contributed by atoms with E-state index in [1.807, 2.05) is 62.4 Å². The van der Waals surface area contributed by atoms with Crippen LogP contribution in [0.1, 0.15) is 43.0 Å². The van der Waals surface area contributed by atoms with E-state index in [0.29, 0.717) is 0 Å². The Morgan fingerprint density at radius 1 is 0.833 bits per heavy atom. The van der Waals surface area contributed by atoms with E-state index in [1.165, 1.54) is 0 Å². The van der Waals surface area contributed by atoms with Crippen LogP contribution in [0, 0.1) is 71.5 Å². The molecule has 2 unspecified atom stereocenters. The average Bonchev–Trinajstić information content (AvgIpc) is 3.25. The van der Waals surface area contributed by atoms with Crippen molar-refractivity contribution < 1.29 is 9.59 Å². The van der Waals surface area contributed by atoms with Gasteiger partial charge in [0.1, 0.15) is 23.5 Å². The van der Waals surface area contributed by atoms with Crippen molar-refractivity contribution in [1.82, 2.24) is 5.01 Å². The van der Waals surface area contributed by atoms with E-state index in [-0.39, 0.29) is 28.8 Å². The summed E-state index contributed by atoms with van der Waals surface area (Å²) in [5.41, 5.74) is 1.61. The molecular formula is C30H28N4O2. The minimum absolute atomic E-state index is 0.0189. The number of fused-ring (bicyclic) bond motifs is 5. The summed E-state index contributed by atoms with van der Waals surface area (Å²) in [5, 5.41) is 27.9. The molecule has 4 aliphatic rings. The third kappa shape index (κ3) is 2.38. The molecule has 0 N–H and O–H groups in total. The van der Waals surface area contributed by atoms with E-state index in [4.69, 9.17) is 5.10 Å². The van der Waals surface area contributed by atoms with E-state index >= 15 is 0 Å². The summed E-state index contributed by atoms with van der Waals surface area (Å²) in [6.45, 7) is 9.98. The van der Waals surface area contributed by atoms with Gasteiger partial charge in [-0.25, -0.2) is 0 Å². The zero-order valence-electron chi connectivity index (χ0n) is 21.1. The maximum Gasteiger partial charge on any atom is 0.240 e. The Morgan fingerprint density at radius 2 is 1.36 bits per heavy atom. The zero-order chi connectivity index (χ0) is 25.8. The third-order valence-electron chi connectivity index (χ3n) is 9.41. The maximum absolute atomic E-state index is 13.9. The SMILES string of the molecule is Cc1ccc(C2=NN3C(C#N)(C#N)[C@H]4C(=O)C(C)C(=O)[C@H]4C3(c3ccc(C)cc3)[C@H]3[C@@H]2C3(C)C)cc1. The normalized spacial score (nSPS) is 34.7. The van der Waals surface area contributed by atoms with Crippen LogP contribution in [0.25, 0.3) is 0 Å². The molecule has 6 heteroatoms. The second kappa shape index (κ2) is 6.92. The van der Waals surface area contributed by atoms with Gasteiger partial charge in [-0.15, -0.1) is 0 Å². The fourth-order valence-corrected chi connectivity index (χ4v) is 7.63. The summed E-state index contributed by atoms with van der Waals surface area (Å²) >= 11 is 0. The molecule has 2 heterocycles. The van der Waals surface area contributed by atoms with Gasteiger partial charge in [0.2, 0.25) is 5.54 Å². The van der Waals surface area contributed by atoms with Crippen LogP contribution in [0.15, 0.2) is 53.6 Å². The topological polar surface area (TPSA) is 97.3 Å². The van der Waals surface area contributed by atoms with E-state index in [2.05, 4.69) is 26.0 Å². The largest absolute Gasteiger partial charge is 0.298 e. The molecule has 2 aliphatic heterocycles. The number of rotatable bonds is 2. The molecule has 6 rings (SSSR count). The highest BCUT2D eigenvalue weighted by molar-refractivity contribution is 6.14. The van der Waals surface area contributed by atoms with Crippen molar-refractivity contribution in [3.05, 3.63) is 70.8 Å². The van der Waals surface area contributed by atoms with Gasteiger partial charge in [0.05, 0.1) is 23.5 Å². The van der Waals surface area contributed by atoms with Gasteiger partial charge in [-0.05, 0) is 37.3 Å². The van der Waals surface area contributed by atoms with E-state index in [9.17, 15) is 20.1 Å². The Balaban J connectivity index is 1.72. The molecule has 2 saturated carbocycles. The molecule has 6 atom stereocenters. The molecule has 2 aromatic rings. The van der Waals surface area contributed by atoms with Crippen molar-refractivity contribution in [1.29, 1.82) is 10.5 Å². The number of hydrogen-bond donors (Lipinski definition) is 0. The molecule has 36 heavy (non-hydrogen) atoms. The molecule has 3 fully saturated rings. The van der Waals surface area contributed by atoms with Crippen molar-refractivity contribution in [3.63, 3.8) is 0 Å². The second-order valence-electron chi connectivity index (χ2n) is 11.6.